The molecule has 3 heteroatoms. The number of pyridine rings is 1. The molecule has 0 unspecified atom stereocenters. The summed E-state index contributed by atoms with van der Waals surface area (Å²) in [5.41, 5.74) is 2.07. The second kappa shape index (κ2) is 5.10. The molecule has 0 saturated carbocycles. The van der Waals surface area contributed by atoms with Crippen molar-refractivity contribution in [3.05, 3.63) is 47.1 Å². The van der Waals surface area contributed by atoms with Crippen LogP contribution < -0.4 is 5.32 Å². The van der Waals surface area contributed by atoms with Crippen molar-refractivity contribution < 1.29 is 0 Å². The van der Waals surface area contributed by atoms with Gasteiger partial charge in [-0.3, -0.25) is 4.98 Å². The summed E-state index contributed by atoms with van der Waals surface area (Å²) in [5, 5.41) is 4.80. The van der Waals surface area contributed by atoms with E-state index in [2.05, 4.69) is 28.5 Å². The van der Waals surface area contributed by atoms with Crippen molar-refractivity contribution in [2.45, 2.75) is 0 Å². The van der Waals surface area contributed by atoms with Gasteiger partial charge in [0.05, 0.1) is 10.5 Å². The third-order valence-electron chi connectivity index (χ3n) is 2.34. The highest BCUT2D eigenvalue weighted by Crippen LogP contribution is 2.22. The number of fused-ring (bicyclic) bond motifs is 1. The number of hydrogen-bond donors (Lipinski definition) is 1. The molecule has 16 heavy (non-hydrogen) atoms. The molecule has 0 aliphatic rings. The minimum atomic E-state index is 0.744. The van der Waals surface area contributed by atoms with Crippen LogP contribution in [0, 0.1) is 0 Å². The summed E-state index contributed by atoms with van der Waals surface area (Å²) >= 11 is 6.11. The molecule has 1 aromatic carbocycles. The van der Waals surface area contributed by atoms with E-state index in [0.717, 1.165) is 28.0 Å². The molecule has 0 radical (unpaired) electrons. The Balaban J connectivity index is 2.39. The van der Waals surface area contributed by atoms with Gasteiger partial charge in [0.1, 0.15) is 0 Å². The number of aromatic nitrogens is 1. The van der Waals surface area contributed by atoms with Gasteiger partial charge in [-0.25, -0.2) is 0 Å². The predicted molar refractivity (Wildman–Crippen MR) is 69.7 cm³/mol. The normalized spacial score (nSPS) is 11.4. The minimum absolute atomic E-state index is 0.744. The van der Waals surface area contributed by atoms with Gasteiger partial charge in [0, 0.05) is 18.1 Å². The molecule has 0 spiro atoms. The smallest absolute Gasteiger partial charge is 0.0717 e. The van der Waals surface area contributed by atoms with Gasteiger partial charge in [-0.15, -0.1) is 0 Å². The lowest BCUT2D eigenvalue weighted by Crippen LogP contribution is -2.03. The summed E-state index contributed by atoms with van der Waals surface area (Å²) < 4.78 is 0. The lowest BCUT2D eigenvalue weighted by Gasteiger charge is -2.00. The van der Waals surface area contributed by atoms with E-state index < -0.39 is 0 Å². The summed E-state index contributed by atoms with van der Waals surface area (Å²) in [4.78, 5) is 4.26. The monoisotopic (exact) mass is 232 g/mol. The zero-order chi connectivity index (χ0) is 11.4. The quantitative estimate of drug-likeness (QED) is 0.880. The Kier molecular flexibility index (Phi) is 3.54. The van der Waals surface area contributed by atoms with Gasteiger partial charge in [0.25, 0.3) is 0 Å². The van der Waals surface area contributed by atoms with Crippen molar-refractivity contribution in [2.24, 2.45) is 0 Å². The number of hydrogen-bond acceptors (Lipinski definition) is 2. The van der Waals surface area contributed by atoms with Crippen molar-refractivity contribution >= 4 is 28.6 Å². The Morgan fingerprint density at radius 2 is 2.25 bits per heavy atom. The fourth-order valence-electron chi connectivity index (χ4n) is 1.55. The van der Waals surface area contributed by atoms with Crippen LogP contribution in [-0.2, 0) is 0 Å². The van der Waals surface area contributed by atoms with Crippen LogP contribution in [0.3, 0.4) is 0 Å². The third kappa shape index (κ3) is 2.40. The van der Waals surface area contributed by atoms with Crippen molar-refractivity contribution in [3.8, 4) is 0 Å². The largest absolute Gasteiger partial charge is 0.316 e. The number of nitrogens with zero attached hydrogens (tertiary/aromatic N) is 1. The number of benzene rings is 1. The molecular weight excluding hydrogens is 220 g/mol. The van der Waals surface area contributed by atoms with Crippen LogP contribution in [0.15, 0.2) is 36.5 Å². The first-order chi connectivity index (χ1) is 7.81. The standard InChI is InChI=1S/C13H13ClN2/c1-15-7-2-3-10-4-5-13-11(9-10)12(14)6-8-16-13/h2-6,8-9,15H,7H2,1H3. The van der Waals surface area contributed by atoms with Gasteiger partial charge >= 0.3 is 0 Å². The fraction of sp³-hybridized carbons (Fsp3) is 0.154. The predicted octanol–water partition coefficient (Wildman–Crippen LogP) is 3.12. The Morgan fingerprint density at radius 3 is 3.06 bits per heavy atom. The second-order valence-corrected chi connectivity index (χ2v) is 3.94. The number of likely N-dealkylation sites (N-methyl/N-ethyl adjacent to an activating group) is 1. The topological polar surface area (TPSA) is 24.9 Å². The van der Waals surface area contributed by atoms with Crippen LogP contribution in [0.25, 0.3) is 17.0 Å². The van der Waals surface area contributed by atoms with E-state index >= 15 is 0 Å². The molecule has 0 bridgehead atoms. The first-order valence-electron chi connectivity index (χ1n) is 5.16. The van der Waals surface area contributed by atoms with Crippen LogP contribution in [0.4, 0.5) is 0 Å². The minimum Gasteiger partial charge on any atom is -0.316 e. The summed E-state index contributed by atoms with van der Waals surface area (Å²) in [6, 6.07) is 7.89. The summed E-state index contributed by atoms with van der Waals surface area (Å²) in [6.45, 7) is 0.860. The van der Waals surface area contributed by atoms with Crippen molar-refractivity contribution in [1.29, 1.82) is 0 Å². The molecule has 2 nitrogen and oxygen atoms in total. The third-order valence-corrected chi connectivity index (χ3v) is 2.67. The molecule has 1 N–H and O–H groups in total. The molecule has 82 valence electrons. The summed E-state index contributed by atoms with van der Waals surface area (Å²) in [6.07, 6.45) is 5.87. The van der Waals surface area contributed by atoms with Gasteiger partial charge in [-0.1, -0.05) is 29.8 Å². The van der Waals surface area contributed by atoms with E-state index in [-0.39, 0.29) is 0 Å². The first-order valence-corrected chi connectivity index (χ1v) is 5.54. The van der Waals surface area contributed by atoms with E-state index in [1.165, 1.54) is 0 Å². The van der Waals surface area contributed by atoms with Crippen LogP contribution in [0.5, 0.6) is 0 Å². The van der Waals surface area contributed by atoms with E-state index in [0.29, 0.717) is 0 Å². The van der Waals surface area contributed by atoms with E-state index in [4.69, 9.17) is 11.6 Å². The number of nitrogens with one attached hydrogen (secondary N) is 1. The average molecular weight is 233 g/mol. The summed E-state index contributed by atoms with van der Waals surface area (Å²) in [5.74, 6) is 0. The first kappa shape index (κ1) is 11.1. The van der Waals surface area contributed by atoms with Crippen LogP contribution in [0.2, 0.25) is 5.02 Å². The molecule has 2 aromatic rings. The SMILES string of the molecule is CNCC=Cc1ccc2nccc(Cl)c2c1. The van der Waals surface area contributed by atoms with Crippen LogP contribution in [0.1, 0.15) is 5.56 Å². The molecule has 0 amide bonds. The Bertz CT molecular complexity index is 520. The fourth-order valence-corrected chi connectivity index (χ4v) is 1.75. The molecular formula is C13H13ClN2. The molecule has 2 rings (SSSR count). The maximum Gasteiger partial charge on any atom is 0.0717 e. The van der Waals surface area contributed by atoms with E-state index in [9.17, 15) is 0 Å². The highest BCUT2D eigenvalue weighted by molar-refractivity contribution is 6.35. The maximum absolute atomic E-state index is 6.11. The molecule has 0 saturated heterocycles. The zero-order valence-corrected chi connectivity index (χ0v) is 9.83. The Morgan fingerprint density at radius 1 is 1.38 bits per heavy atom. The highest BCUT2D eigenvalue weighted by Gasteiger charge is 1.99. The van der Waals surface area contributed by atoms with E-state index in [1.54, 1.807) is 6.20 Å². The maximum atomic E-state index is 6.11. The van der Waals surface area contributed by atoms with Crippen molar-refractivity contribution in [1.82, 2.24) is 10.3 Å². The highest BCUT2D eigenvalue weighted by atomic mass is 35.5. The summed E-state index contributed by atoms with van der Waals surface area (Å²) in [7, 11) is 1.92. The van der Waals surface area contributed by atoms with Gasteiger partial charge in [0.2, 0.25) is 0 Å². The molecule has 1 heterocycles. The molecule has 0 atom stereocenters. The van der Waals surface area contributed by atoms with Crippen LogP contribution >= 0.6 is 11.6 Å². The average Bonchev–Trinajstić information content (AvgIpc) is 2.30. The lowest BCUT2D eigenvalue weighted by atomic mass is 10.1. The lowest BCUT2D eigenvalue weighted by molar-refractivity contribution is 0.922. The number of rotatable bonds is 3. The van der Waals surface area contributed by atoms with Crippen LogP contribution in [-0.4, -0.2) is 18.6 Å². The Hall–Kier alpha value is -1.38. The molecule has 1 aromatic heterocycles. The van der Waals surface area contributed by atoms with Gasteiger partial charge in [-0.05, 0) is 30.8 Å². The molecule has 0 aliphatic carbocycles. The van der Waals surface area contributed by atoms with Gasteiger partial charge in [-0.2, -0.15) is 0 Å². The van der Waals surface area contributed by atoms with Crippen molar-refractivity contribution in [3.63, 3.8) is 0 Å². The molecule has 0 fully saturated rings. The van der Waals surface area contributed by atoms with Gasteiger partial charge in [0.15, 0.2) is 0 Å². The molecule has 0 aliphatic heterocycles. The zero-order valence-electron chi connectivity index (χ0n) is 9.07. The van der Waals surface area contributed by atoms with E-state index in [1.807, 2.05) is 25.2 Å². The second-order valence-electron chi connectivity index (χ2n) is 3.53. The number of halogens is 1. The van der Waals surface area contributed by atoms with Gasteiger partial charge < -0.3 is 5.32 Å². The van der Waals surface area contributed by atoms with Crippen molar-refractivity contribution in [2.75, 3.05) is 13.6 Å². The Labute approximate surface area is 100.0 Å².